The molecule has 2 N–H and O–H groups in total. The molecule has 0 heterocycles. The molecule has 14 heavy (non-hydrogen) atoms. The van der Waals surface area contributed by atoms with Gasteiger partial charge in [0.2, 0.25) is 0 Å². The lowest BCUT2D eigenvalue weighted by Gasteiger charge is -2.22. The van der Waals surface area contributed by atoms with Crippen molar-refractivity contribution in [1.82, 2.24) is 0 Å². The topological polar surface area (TPSA) is 55.5 Å². The van der Waals surface area contributed by atoms with E-state index in [1.807, 2.05) is 13.0 Å². The summed E-state index contributed by atoms with van der Waals surface area (Å²) in [5.74, 6) is 0. The number of hydrogen-bond acceptors (Lipinski definition) is 3. The summed E-state index contributed by atoms with van der Waals surface area (Å²) < 4.78 is 0. The van der Waals surface area contributed by atoms with E-state index in [1.54, 1.807) is 6.07 Å². The summed E-state index contributed by atoms with van der Waals surface area (Å²) in [6, 6.07) is 3.60. The summed E-state index contributed by atoms with van der Waals surface area (Å²) in [5, 5.41) is 2.92. The van der Waals surface area contributed by atoms with E-state index in [-0.39, 0.29) is 5.41 Å². The predicted molar refractivity (Wildman–Crippen MR) is 59.7 cm³/mol. The van der Waals surface area contributed by atoms with Gasteiger partial charge in [0.1, 0.15) is 5.69 Å². The maximum absolute atomic E-state index is 10.4. The highest BCUT2D eigenvalue weighted by Gasteiger charge is 2.19. The predicted octanol–water partition coefficient (Wildman–Crippen LogP) is 3.27. The van der Waals surface area contributed by atoms with Gasteiger partial charge in [-0.3, -0.25) is 0 Å². The Bertz CT molecular complexity index is 364. The average Bonchev–Trinajstić information content (AvgIpc) is 2.07. The van der Waals surface area contributed by atoms with Gasteiger partial charge in [0.05, 0.1) is 0 Å². The first-order valence-electron chi connectivity index (χ1n) is 4.61. The minimum Gasteiger partial charge on any atom is -0.398 e. The molecule has 0 saturated carbocycles. The van der Waals surface area contributed by atoms with Gasteiger partial charge in [0.15, 0.2) is 0 Å². The molecule has 1 aromatic rings. The van der Waals surface area contributed by atoms with Crippen LogP contribution in [0.3, 0.4) is 0 Å². The Labute approximate surface area is 84.3 Å². The molecule has 3 nitrogen and oxygen atoms in total. The number of benzene rings is 1. The van der Waals surface area contributed by atoms with E-state index in [9.17, 15) is 4.91 Å². The van der Waals surface area contributed by atoms with E-state index < -0.39 is 0 Å². The molecule has 0 bridgehead atoms. The zero-order chi connectivity index (χ0) is 10.9. The van der Waals surface area contributed by atoms with Crippen molar-refractivity contribution < 1.29 is 0 Å². The van der Waals surface area contributed by atoms with Crippen LogP contribution >= 0.6 is 0 Å². The van der Waals surface area contributed by atoms with Gasteiger partial charge in [-0.2, -0.15) is 0 Å². The second-order valence-corrected chi connectivity index (χ2v) is 4.51. The number of rotatable bonds is 1. The first kappa shape index (κ1) is 10.7. The molecule has 0 amide bonds. The molecular formula is C11H16N2O. The number of anilines is 1. The zero-order valence-electron chi connectivity index (χ0n) is 9.09. The number of nitrogens with two attached hydrogens (primary N) is 1. The van der Waals surface area contributed by atoms with E-state index >= 15 is 0 Å². The Morgan fingerprint density at radius 2 is 1.86 bits per heavy atom. The second-order valence-electron chi connectivity index (χ2n) is 4.51. The Kier molecular flexibility index (Phi) is 2.60. The molecule has 0 saturated heterocycles. The fourth-order valence-corrected chi connectivity index (χ4v) is 1.47. The largest absolute Gasteiger partial charge is 0.398 e. The van der Waals surface area contributed by atoms with Gasteiger partial charge in [0, 0.05) is 11.3 Å². The van der Waals surface area contributed by atoms with Crippen LogP contribution in [-0.2, 0) is 5.41 Å². The van der Waals surface area contributed by atoms with Crippen LogP contribution in [0, 0.1) is 11.8 Å². The number of nitrogens with zero attached hydrogens (tertiary/aromatic N) is 1. The highest BCUT2D eigenvalue weighted by Crippen LogP contribution is 2.34. The Morgan fingerprint density at radius 3 is 2.29 bits per heavy atom. The van der Waals surface area contributed by atoms with Gasteiger partial charge in [-0.25, -0.2) is 0 Å². The van der Waals surface area contributed by atoms with Crippen LogP contribution < -0.4 is 5.73 Å². The minimum atomic E-state index is -0.00371. The lowest BCUT2D eigenvalue weighted by molar-refractivity contribution is 0.592. The van der Waals surface area contributed by atoms with Gasteiger partial charge < -0.3 is 5.73 Å². The van der Waals surface area contributed by atoms with Crippen molar-refractivity contribution in [3.63, 3.8) is 0 Å². The zero-order valence-corrected chi connectivity index (χ0v) is 9.09. The molecular weight excluding hydrogens is 176 g/mol. The summed E-state index contributed by atoms with van der Waals surface area (Å²) in [6.07, 6.45) is 0. The molecule has 0 unspecified atom stereocenters. The van der Waals surface area contributed by atoms with Gasteiger partial charge in [0.25, 0.3) is 0 Å². The number of nitrogen functional groups attached to an aromatic ring is 1. The molecule has 0 atom stereocenters. The van der Waals surface area contributed by atoms with E-state index in [0.29, 0.717) is 11.4 Å². The average molecular weight is 192 g/mol. The SMILES string of the molecule is Cc1c(N=O)ccc(C(C)(C)C)c1N. The molecule has 0 aliphatic carbocycles. The first-order chi connectivity index (χ1) is 6.38. The van der Waals surface area contributed by atoms with Crippen LogP contribution in [0.1, 0.15) is 31.9 Å². The molecule has 0 aliphatic heterocycles. The van der Waals surface area contributed by atoms with Crippen molar-refractivity contribution in [3.8, 4) is 0 Å². The fraction of sp³-hybridized carbons (Fsp3) is 0.455. The number of nitroso groups, excluding NO2 is 1. The van der Waals surface area contributed by atoms with Crippen LogP contribution in [0.15, 0.2) is 17.3 Å². The Balaban J connectivity index is 3.38. The summed E-state index contributed by atoms with van der Waals surface area (Å²) in [6.45, 7) is 8.09. The molecule has 0 spiro atoms. The lowest BCUT2D eigenvalue weighted by atomic mass is 9.84. The van der Waals surface area contributed by atoms with Crippen molar-refractivity contribution >= 4 is 11.4 Å². The minimum absolute atomic E-state index is 0.00371. The molecule has 76 valence electrons. The van der Waals surface area contributed by atoms with Crippen molar-refractivity contribution in [2.45, 2.75) is 33.1 Å². The fourth-order valence-electron chi connectivity index (χ4n) is 1.47. The van der Waals surface area contributed by atoms with Gasteiger partial charge >= 0.3 is 0 Å². The first-order valence-corrected chi connectivity index (χ1v) is 4.61. The molecule has 0 aromatic heterocycles. The quantitative estimate of drug-likeness (QED) is 0.548. The van der Waals surface area contributed by atoms with E-state index in [2.05, 4.69) is 25.9 Å². The van der Waals surface area contributed by atoms with Crippen LogP contribution in [0.2, 0.25) is 0 Å². The summed E-state index contributed by atoms with van der Waals surface area (Å²) in [4.78, 5) is 10.4. The molecule has 0 aliphatic rings. The van der Waals surface area contributed by atoms with Gasteiger partial charge in [-0.15, -0.1) is 4.91 Å². The van der Waals surface area contributed by atoms with Crippen molar-refractivity contribution in [2.75, 3.05) is 5.73 Å². The molecule has 1 rings (SSSR count). The van der Waals surface area contributed by atoms with E-state index in [0.717, 1.165) is 11.1 Å². The van der Waals surface area contributed by atoms with Crippen LogP contribution in [0.4, 0.5) is 11.4 Å². The van der Waals surface area contributed by atoms with Gasteiger partial charge in [-0.1, -0.05) is 26.8 Å². The standard InChI is InChI=1S/C11H16N2O/c1-7-9(13-14)6-5-8(10(7)12)11(2,3)4/h5-6H,12H2,1-4H3. The van der Waals surface area contributed by atoms with E-state index in [1.165, 1.54) is 0 Å². The molecule has 0 radical (unpaired) electrons. The maximum atomic E-state index is 10.4. The summed E-state index contributed by atoms with van der Waals surface area (Å²) in [7, 11) is 0. The third-order valence-electron chi connectivity index (χ3n) is 2.39. The molecule has 3 heteroatoms. The normalized spacial score (nSPS) is 11.4. The highest BCUT2D eigenvalue weighted by atomic mass is 16.3. The monoisotopic (exact) mass is 192 g/mol. The molecule has 0 fully saturated rings. The van der Waals surface area contributed by atoms with Crippen molar-refractivity contribution in [1.29, 1.82) is 0 Å². The third-order valence-corrected chi connectivity index (χ3v) is 2.39. The second kappa shape index (κ2) is 3.40. The van der Waals surface area contributed by atoms with Crippen LogP contribution in [0.5, 0.6) is 0 Å². The summed E-state index contributed by atoms with van der Waals surface area (Å²) in [5.41, 5.74) is 8.87. The van der Waals surface area contributed by atoms with E-state index in [4.69, 9.17) is 5.73 Å². The van der Waals surface area contributed by atoms with Crippen molar-refractivity contribution in [2.24, 2.45) is 5.18 Å². The van der Waals surface area contributed by atoms with Gasteiger partial charge in [-0.05, 0) is 29.1 Å². The number of hydrogen-bond donors (Lipinski definition) is 1. The molecule has 1 aromatic carbocycles. The Morgan fingerprint density at radius 1 is 1.29 bits per heavy atom. The lowest BCUT2D eigenvalue weighted by Crippen LogP contribution is -2.14. The summed E-state index contributed by atoms with van der Waals surface area (Å²) >= 11 is 0. The third kappa shape index (κ3) is 1.76. The van der Waals surface area contributed by atoms with Crippen LogP contribution in [0.25, 0.3) is 0 Å². The Hall–Kier alpha value is -1.38. The van der Waals surface area contributed by atoms with Crippen molar-refractivity contribution in [3.05, 3.63) is 28.2 Å². The highest BCUT2D eigenvalue weighted by molar-refractivity contribution is 5.65. The van der Waals surface area contributed by atoms with Crippen LogP contribution in [-0.4, -0.2) is 0 Å². The smallest absolute Gasteiger partial charge is 0.112 e. The maximum Gasteiger partial charge on any atom is 0.112 e.